The Bertz CT molecular complexity index is 612. The highest BCUT2D eigenvalue weighted by molar-refractivity contribution is 6.31. The third-order valence-corrected chi connectivity index (χ3v) is 4.57. The molecule has 2 aliphatic rings. The summed E-state index contributed by atoms with van der Waals surface area (Å²) in [5.41, 5.74) is 0.972. The number of nitrogens with zero attached hydrogens (tertiary/aromatic N) is 1. The van der Waals surface area contributed by atoms with Gasteiger partial charge in [0, 0.05) is 23.4 Å². The van der Waals surface area contributed by atoms with Crippen LogP contribution in [0.25, 0.3) is 0 Å². The van der Waals surface area contributed by atoms with E-state index in [1.807, 2.05) is 18.2 Å². The molecule has 1 aliphatic heterocycles. The van der Waals surface area contributed by atoms with Crippen LogP contribution >= 0.6 is 11.6 Å². The molecule has 1 aliphatic carbocycles. The zero-order valence-electron chi connectivity index (χ0n) is 11.7. The van der Waals surface area contributed by atoms with Crippen LogP contribution in [0.4, 0.5) is 9.18 Å². The predicted molar refractivity (Wildman–Crippen MR) is 78.8 cm³/mol. The van der Waals surface area contributed by atoms with E-state index in [0.717, 1.165) is 16.9 Å². The van der Waals surface area contributed by atoms with Gasteiger partial charge in [0.05, 0.1) is 6.54 Å². The summed E-state index contributed by atoms with van der Waals surface area (Å²) >= 11 is 6.12. The molecule has 7 heteroatoms. The monoisotopic (exact) mass is 326 g/mol. The molecule has 2 unspecified atom stereocenters. The van der Waals surface area contributed by atoms with Crippen LogP contribution in [-0.2, 0) is 4.79 Å². The zero-order valence-corrected chi connectivity index (χ0v) is 12.5. The molecule has 1 heterocycles. The molecule has 1 saturated heterocycles. The van der Waals surface area contributed by atoms with Gasteiger partial charge in [0.1, 0.15) is 12.2 Å². The number of nitrogens with one attached hydrogen (secondary N) is 1. The molecule has 3 rings (SSSR count). The van der Waals surface area contributed by atoms with Crippen LogP contribution in [0.1, 0.15) is 24.3 Å². The largest absolute Gasteiger partial charge is 0.465 e. The molecule has 0 spiro atoms. The molecule has 1 saturated carbocycles. The van der Waals surface area contributed by atoms with Gasteiger partial charge in [-0.1, -0.05) is 29.8 Å². The van der Waals surface area contributed by atoms with Crippen molar-refractivity contribution in [3.63, 3.8) is 0 Å². The number of carbonyl (C=O) groups is 2. The third-order valence-electron chi connectivity index (χ3n) is 4.22. The van der Waals surface area contributed by atoms with E-state index < -0.39 is 24.2 Å². The lowest BCUT2D eigenvalue weighted by molar-refractivity contribution is -0.125. The van der Waals surface area contributed by atoms with Gasteiger partial charge in [0.15, 0.2) is 0 Å². The second kappa shape index (κ2) is 5.76. The third kappa shape index (κ3) is 2.88. The normalized spacial score (nSPS) is 30.2. The van der Waals surface area contributed by atoms with E-state index in [1.54, 1.807) is 6.07 Å². The van der Waals surface area contributed by atoms with Crippen molar-refractivity contribution < 1.29 is 19.1 Å². The van der Waals surface area contributed by atoms with Gasteiger partial charge in [0.2, 0.25) is 5.91 Å². The van der Waals surface area contributed by atoms with Gasteiger partial charge in [-0.2, -0.15) is 0 Å². The van der Waals surface area contributed by atoms with Crippen molar-refractivity contribution >= 4 is 23.6 Å². The van der Waals surface area contributed by atoms with E-state index in [-0.39, 0.29) is 24.9 Å². The predicted octanol–water partition coefficient (Wildman–Crippen LogP) is 2.40. The summed E-state index contributed by atoms with van der Waals surface area (Å²) in [6.07, 6.45) is -1.88. The van der Waals surface area contributed by atoms with Gasteiger partial charge >= 0.3 is 6.09 Å². The molecule has 5 nitrogen and oxygen atoms in total. The average Bonchev–Trinajstić information content (AvgIpc) is 3.09. The van der Waals surface area contributed by atoms with Gasteiger partial charge in [0.25, 0.3) is 0 Å². The molecule has 0 radical (unpaired) electrons. The van der Waals surface area contributed by atoms with Crippen LogP contribution in [0.5, 0.6) is 0 Å². The Hall–Kier alpha value is -1.82. The van der Waals surface area contributed by atoms with E-state index in [2.05, 4.69) is 5.32 Å². The van der Waals surface area contributed by atoms with Gasteiger partial charge in [-0.05, 0) is 18.1 Å². The number of carboxylic acid groups (broad SMARTS) is 1. The Morgan fingerprint density at radius 2 is 2.05 bits per heavy atom. The number of halogens is 2. The molecule has 0 bridgehead atoms. The van der Waals surface area contributed by atoms with Crippen molar-refractivity contribution in [1.29, 1.82) is 0 Å². The van der Waals surface area contributed by atoms with E-state index >= 15 is 0 Å². The lowest BCUT2D eigenvalue weighted by Crippen LogP contribution is -2.46. The molecule has 1 aromatic rings. The lowest BCUT2D eigenvalue weighted by Gasteiger charge is -2.20. The first-order chi connectivity index (χ1) is 10.5. The Kier molecular flexibility index (Phi) is 3.95. The Morgan fingerprint density at radius 1 is 1.32 bits per heavy atom. The summed E-state index contributed by atoms with van der Waals surface area (Å²) in [5.74, 6) is -0.291. The summed E-state index contributed by atoms with van der Waals surface area (Å²) < 4.78 is 13.4. The van der Waals surface area contributed by atoms with Crippen molar-refractivity contribution in [3.05, 3.63) is 34.9 Å². The number of rotatable bonds is 3. The van der Waals surface area contributed by atoms with Gasteiger partial charge in [-0.3, -0.25) is 9.69 Å². The summed E-state index contributed by atoms with van der Waals surface area (Å²) in [4.78, 5) is 24.1. The summed E-state index contributed by atoms with van der Waals surface area (Å²) in [7, 11) is 0. The molecule has 4 atom stereocenters. The van der Waals surface area contributed by atoms with Crippen LogP contribution in [0, 0.1) is 0 Å². The van der Waals surface area contributed by atoms with Crippen molar-refractivity contribution in [2.24, 2.45) is 0 Å². The van der Waals surface area contributed by atoms with E-state index in [9.17, 15) is 14.0 Å². The quantitative estimate of drug-likeness (QED) is 0.896. The molecule has 0 aromatic heterocycles. The maximum atomic E-state index is 13.4. The summed E-state index contributed by atoms with van der Waals surface area (Å²) in [6.45, 7) is -0.244. The molecule has 2 amide bonds. The van der Waals surface area contributed by atoms with Crippen molar-refractivity contribution in [3.8, 4) is 0 Å². The van der Waals surface area contributed by atoms with Gasteiger partial charge in [-0.15, -0.1) is 0 Å². The highest BCUT2D eigenvalue weighted by Crippen LogP contribution is 2.43. The summed E-state index contributed by atoms with van der Waals surface area (Å²) in [5, 5.41) is 12.5. The van der Waals surface area contributed by atoms with Crippen LogP contribution in [0.2, 0.25) is 5.02 Å². The number of alkyl halides is 1. The van der Waals surface area contributed by atoms with Crippen molar-refractivity contribution in [2.45, 2.75) is 37.0 Å². The highest BCUT2D eigenvalue weighted by Gasteiger charge is 2.45. The molecule has 2 N–H and O–H groups in total. The highest BCUT2D eigenvalue weighted by atomic mass is 35.5. The van der Waals surface area contributed by atoms with E-state index in [4.69, 9.17) is 16.7 Å². The minimum Gasteiger partial charge on any atom is -0.465 e. The Morgan fingerprint density at radius 3 is 2.73 bits per heavy atom. The van der Waals surface area contributed by atoms with E-state index in [1.165, 1.54) is 0 Å². The number of hydrogen-bond acceptors (Lipinski definition) is 2. The Balaban J connectivity index is 1.62. The maximum absolute atomic E-state index is 13.4. The fourth-order valence-corrected chi connectivity index (χ4v) is 3.27. The maximum Gasteiger partial charge on any atom is 0.408 e. The SMILES string of the molecule is O=C(NC1CC1c1ccccc1Cl)[C@@H]1C[C@@H](F)CN1C(=O)O. The van der Waals surface area contributed by atoms with Crippen LogP contribution < -0.4 is 5.32 Å². The number of hydrogen-bond donors (Lipinski definition) is 2. The number of carbonyl (C=O) groups excluding carboxylic acids is 1. The second-order valence-corrected chi connectivity index (χ2v) is 6.17. The molecule has 22 heavy (non-hydrogen) atoms. The van der Waals surface area contributed by atoms with Crippen LogP contribution in [-0.4, -0.2) is 46.8 Å². The van der Waals surface area contributed by atoms with Gasteiger partial charge in [-0.25, -0.2) is 9.18 Å². The topological polar surface area (TPSA) is 69.6 Å². The lowest BCUT2D eigenvalue weighted by atomic mass is 10.1. The standard InChI is InChI=1S/C15H16ClFN2O3/c16-11-4-2-1-3-9(11)10-6-12(10)18-14(20)13-5-8(17)7-19(13)15(21)22/h1-4,8,10,12-13H,5-7H2,(H,18,20)(H,21,22)/t8-,10?,12?,13+/m1/s1. The molecular formula is C15H16ClFN2O3. The second-order valence-electron chi connectivity index (χ2n) is 5.76. The fraction of sp³-hybridized carbons (Fsp3) is 0.467. The summed E-state index contributed by atoms with van der Waals surface area (Å²) in [6, 6.07) is 6.42. The first-order valence-electron chi connectivity index (χ1n) is 7.16. The first kappa shape index (κ1) is 15.1. The van der Waals surface area contributed by atoms with Crippen molar-refractivity contribution in [1.82, 2.24) is 10.2 Å². The number of likely N-dealkylation sites (tertiary alicyclic amines) is 1. The van der Waals surface area contributed by atoms with Gasteiger partial charge < -0.3 is 10.4 Å². The average molecular weight is 327 g/mol. The minimum absolute atomic E-state index is 0.0679. The smallest absolute Gasteiger partial charge is 0.408 e. The first-order valence-corrected chi connectivity index (χ1v) is 7.53. The van der Waals surface area contributed by atoms with Crippen LogP contribution in [0.3, 0.4) is 0 Å². The van der Waals surface area contributed by atoms with Crippen molar-refractivity contribution in [2.75, 3.05) is 6.54 Å². The number of amides is 2. The zero-order chi connectivity index (χ0) is 15.9. The Labute approximate surface area is 132 Å². The molecule has 118 valence electrons. The molecule has 1 aromatic carbocycles. The minimum atomic E-state index is -1.29. The molecular weight excluding hydrogens is 311 g/mol. The number of benzene rings is 1. The van der Waals surface area contributed by atoms with E-state index in [0.29, 0.717) is 5.02 Å². The molecule has 2 fully saturated rings. The van der Waals surface area contributed by atoms with Crippen LogP contribution in [0.15, 0.2) is 24.3 Å². The fourth-order valence-electron chi connectivity index (χ4n) is 3.00.